The van der Waals surface area contributed by atoms with Crippen LogP contribution in [0.15, 0.2) is 45.1 Å². The molecular formula is C9H8ClI. The smallest absolute Gasteiger partial charge is 0.0476 e. The molecule has 0 spiro atoms. The Morgan fingerprint density at radius 3 is 2.73 bits per heavy atom. The van der Waals surface area contributed by atoms with Crippen LogP contribution in [0.4, 0.5) is 0 Å². The molecule has 0 radical (unpaired) electrons. The van der Waals surface area contributed by atoms with Gasteiger partial charge in [-0.05, 0) is 15.2 Å². The zero-order valence-electron chi connectivity index (χ0n) is 5.98. The average Bonchev–Trinajstić information content (AvgIpc) is 2.02. The Bertz CT molecular complexity index is 259. The largest absolute Gasteiger partial charge is 0.0991 e. The third-order valence-corrected chi connectivity index (χ3v) is 2.37. The van der Waals surface area contributed by atoms with Crippen molar-refractivity contribution in [3.05, 3.63) is 45.1 Å². The van der Waals surface area contributed by atoms with Gasteiger partial charge in [0.05, 0.1) is 0 Å². The average molecular weight is 279 g/mol. The molecular weight excluding hydrogens is 270 g/mol. The molecule has 0 amide bonds. The van der Waals surface area contributed by atoms with E-state index in [9.17, 15) is 0 Å². The maximum Gasteiger partial charge on any atom is 0.0476 e. The zero-order valence-corrected chi connectivity index (χ0v) is 8.89. The summed E-state index contributed by atoms with van der Waals surface area (Å²) < 4.78 is 1.97. The second-order valence-corrected chi connectivity index (χ2v) is 3.33. The molecule has 0 nitrogen and oxygen atoms in total. The van der Waals surface area contributed by atoms with Crippen LogP contribution >= 0.6 is 34.2 Å². The topological polar surface area (TPSA) is 0 Å². The fourth-order valence-corrected chi connectivity index (χ4v) is 1.64. The summed E-state index contributed by atoms with van der Waals surface area (Å²) in [4.78, 5) is 0. The summed E-state index contributed by atoms with van der Waals surface area (Å²) in [6.45, 7) is 3.61. The van der Waals surface area contributed by atoms with E-state index < -0.39 is 0 Å². The first-order valence-electron chi connectivity index (χ1n) is 3.27. The molecule has 58 valence electrons. The van der Waals surface area contributed by atoms with Crippen LogP contribution in [0.25, 0.3) is 0 Å². The summed E-state index contributed by atoms with van der Waals surface area (Å²) in [5.74, 6) is 0. The summed E-state index contributed by atoms with van der Waals surface area (Å²) in [5, 5.41) is 0.887. The molecule has 0 aliphatic heterocycles. The van der Waals surface area contributed by atoms with Gasteiger partial charge in [-0.15, -0.1) is 0 Å². The van der Waals surface area contributed by atoms with Gasteiger partial charge >= 0.3 is 0 Å². The fraction of sp³-hybridized carbons (Fsp3) is 0.111. The van der Waals surface area contributed by atoms with E-state index in [1.807, 2.05) is 16.2 Å². The van der Waals surface area contributed by atoms with Gasteiger partial charge in [0.25, 0.3) is 0 Å². The Morgan fingerprint density at radius 2 is 2.27 bits per heavy atom. The molecule has 0 aromatic heterocycles. The van der Waals surface area contributed by atoms with Crippen molar-refractivity contribution in [3.63, 3.8) is 0 Å². The summed E-state index contributed by atoms with van der Waals surface area (Å²) in [6.07, 6.45) is 6.73. The zero-order chi connectivity index (χ0) is 8.27. The molecule has 0 atom stereocenters. The lowest BCUT2D eigenvalue weighted by atomic mass is 9.92. The first-order chi connectivity index (χ1) is 5.29. The van der Waals surface area contributed by atoms with E-state index in [1.165, 1.54) is 11.1 Å². The molecule has 0 saturated carbocycles. The van der Waals surface area contributed by atoms with Gasteiger partial charge < -0.3 is 0 Å². The lowest BCUT2D eigenvalue weighted by molar-refractivity contribution is 1.09. The van der Waals surface area contributed by atoms with Crippen molar-refractivity contribution in [1.82, 2.24) is 0 Å². The minimum absolute atomic E-state index is 0.887. The Balaban J connectivity index is 2.77. The molecule has 0 bridgehead atoms. The van der Waals surface area contributed by atoms with Crippen molar-refractivity contribution in [1.29, 1.82) is 0 Å². The highest BCUT2D eigenvalue weighted by atomic mass is 127. The van der Waals surface area contributed by atoms with Crippen LogP contribution in [0.1, 0.15) is 6.42 Å². The highest BCUT2D eigenvalue weighted by Gasteiger charge is 2.17. The molecule has 0 aromatic rings. The van der Waals surface area contributed by atoms with Gasteiger partial charge in [-0.3, -0.25) is 0 Å². The molecule has 1 aliphatic rings. The lowest BCUT2D eigenvalue weighted by Crippen LogP contribution is -2.00. The van der Waals surface area contributed by atoms with Crippen LogP contribution in [0.5, 0.6) is 0 Å². The lowest BCUT2D eigenvalue weighted by Gasteiger charge is -2.19. The number of rotatable bonds is 2. The SMILES string of the molecule is C=CC=C1CC(/C=C/I)=C1Cl. The molecule has 2 heteroatoms. The van der Waals surface area contributed by atoms with Crippen molar-refractivity contribution in [2.24, 2.45) is 0 Å². The van der Waals surface area contributed by atoms with Crippen molar-refractivity contribution in [3.8, 4) is 0 Å². The molecule has 0 fully saturated rings. The van der Waals surface area contributed by atoms with E-state index >= 15 is 0 Å². The summed E-state index contributed by atoms with van der Waals surface area (Å²) in [5.41, 5.74) is 2.40. The predicted molar refractivity (Wildman–Crippen MR) is 58.9 cm³/mol. The summed E-state index contributed by atoms with van der Waals surface area (Å²) in [6, 6.07) is 0. The van der Waals surface area contributed by atoms with Crippen molar-refractivity contribution in [2.45, 2.75) is 6.42 Å². The van der Waals surface area contributed by atoms with Crippen molar-refractivity contribution in [2.75, 3.05) is 0 Å². The van der Waals surface area contributed by atoms with Crippen LogP contribution in [0.3, 0.4) is 0 Å². The van der Waals surface area contributed by atoms with Crippen LogP contribution in [-0.4, -0.2) is 0 Å². The molecule has 1 rings (SSSR count). The Labute approximate surface area is 85.5 Å². The molecule has 0 saturated heterocycles. The summed E-state index contributed by atoms with van der Waals surface area (Å²) in [7, 11) is 0. The number of hydrogen-bond acceptors (Lipinski definition) is 0. The first-order valence-corrected chi connectivity index (χ1v) is 4.89. The highest BCUT2D eigenvalue weighted by molar-refractivity contribution is 14.1. The van der Waals surface area contributed by atoms with Gasteiger partial charge in [0.2, 0.25) is 0 Å². The maximum absolute atomic E-state index is 5.95. The predicted octanol–water partition coefficient (Wildman–Crippen LogP) is 3.94. The minimum atomic E-state index is 0.887. The monoisotopic (exact) mass is 278 g/mol. The fourth-order valence-electron chi connectivity index (χ4n) is 0.942. The molecule has 11 heavy (non-hydrogen) atoms. The van der Waals surface area contributed by atoms with Crippen molar-refractivity contribution >= 4 is 34.2 Å². The van der Waals surface area contributed by atoms with Crippen LogP contribution in [-0.2, 0) is 0 Å². The second kappa shape index (κ2) is 4.12. The Hall–Kier alpha value is -0.0200. The van der Waals surface area contributed by atoms with Crippen molar-refractivity contribution < 1.29 is 0 Å². The third-order valence-electron chi connectivity index (χ3n) is 1.53. The van der Waals surface area contributed by atoms with E-state index in [0.717, 1.165) is 11.5 Å². The normalized spacial score (nSPS) is 21.1. The molecule has 0 heterocycles. The number of allylic oxidation sites excluding steroid dienone is 6. The van der Waals surface area contributed by atoms with Gasteiger partial charge in [0.1, 0.15) is 0 Å². The van der Waals surface area contributed by atoms with E-state index in [0.29, 0.717) is 0 Å². The van der Waals surface area contributed by atoms with Gasteiger partial charge in [0, 0.05) is 11.5 Å². The van der Waals surface area contributed by atoms with E-state index in [2.05, 4.69) is 29.2 Å². The standard InChI is InChI=1S/C9H8ClI/c1-2-3-7-6-8(4-5-11)9(7)10/h2-5H,1,6H2/b5-4+,7-3?. The highest BCUT2D eigenvalue weighted by Crippen LogP contribution is 2.37. The second-order valence-electron chi connectivity index (χ2n) is 2.24. The van der Waals surface area contributed by atoms with E-state index in [1.54, 1.807) is 6.08 Å². The maximum atomic E-state index is 5.95. The quantitative estimate of drug-likeness (QED) is 0.671. The molecule has 0 N–H and O–H groups in total. The van der Waals surface area contributed by atoms with Gasteiger partial charge in [-0.2, -0.15) is 0 Å². The first kappa shape index (κ1) is 9.07. The van der Waals surface area contributed by atoms with Gasteiger partial charge in [0.15, 0.2) is 0 Å². The Kier molecular flexibility index (Phi) is 3.40. The minimum Gasteiger partial charge on any atom is -0.0991 e. The number of hydrogen-bond donors (Lipinski definition) is 0. The molecule has 0 unspecified atom stereocenters. The third kappa shape index (κ3) is 1.97. The Morgan fingerprint density at radius 1 is 1.55 bits per heavy atom. The molecule has 1 aliphatic carbocycles. The van der Waals surface area contributed by atoms with Gasteiger partial charge in [-0.1, -0.05) is 59.0 Å². The summed E-state index contributed by atoms with van der Waals surface area (Å²) >= 11 is 8.13. The van der Waals surface area contributed by atoms with Crippen LogP contribution in [0, 0.1) is 0 Å². The van der Waals surface area contributed by atoms with Crippen LogP contribution < -0.4 is 0 Å². The van der Waals surface area contributed by atoms with Crippen LogP contribution in [0.2, 0.25) is 0 Å². The number of halogens is 2. The van der Waals surface area contributed by atoms with E-state index in [4.69, 9.17) is 11.6 Å². The van der Waals surface area contributed by atoms with Gasteiger partial charge in [-0.25, -0.2) is 0 Å². The van der Waals surface area contributed by atoms with E-state index in [-0.39, 0.29) is 0 Å². The molecule has 0 aromatic carbocycles.